The van der Waals surface area contributed by atoms with Crippen molar-refractivity contribution in [3.8, 4) is 11.3 Å². The first-order chi connectivity index (χ1) is 36.1. The first kappa shape index (κ1) is 48.6. The Morgan fingerprint density at radius 2 is 1.26 bits per heavy atom. The highest BCUT2D eigenvalue weighted by Crippen LogP contribution is 2.37. The van der Waals surface area contributed by atoms with Gasteiger partial charge in [-0.2, -0.15) is 0 Å². The van der Waals surface area contributed by atoms with E-state index in [-0.39, 0.29) is 58.4 Å². The number of halogens is 1. The number of benzene rings is 4. The molecule has 4 atom stereocenters. The van der Waals surface area contributed by atoms with Crippen LogP contribution in [0.5, 0.6) is 0 Å². The number of amides is 4. The number of alkyl carbamates (subject to hydrolysis) is 2. The number of aromatic amines is 1. The SMILES string of the molecule is O=C(N[C@@H](C(=O)N1CCC[C@H]1C1=NC=C(c2cc3oc4ccc(-c5cnc([C@@H]6CCCN6C(=O)[C@H](NC(=O)OC6CCOCC6)c6ccccc6)[nH]5)cc4c(=O)c3cc2F)C1)c1ccccc1)OC1CCOCC1. The fourth-order valence-electron chi connectivity index (χ4n) is 10.8. The molecule has 0 aliphatic carbocycles. The van der Waals surface area contributed by atoms with Gasteiger partial charge in [0.1, 0.15) is 47.1 Å². The van der Waals surface area contributed by atoms with E-state index in [0.717, 1.165) is 12.8 Å². The van der Waals surface area contributed by atoms with Gasteiger partial charge in [0.2, 0.25) is 11.3 Å². The molecule has 0 radical (unpaired) electrons. The van der Waals surface area contributed by atoms with Gasteiger partial charge in [0.15, 0.2) is 0 Å². The Kier molecular flexibility index (Phi) is 14.0. The van der Waals surface area contributed by atoms with E-state index in [2.05, 4.69) is 15.6 Å². The minimum Gasteiger partial charge on any atom is -0.456 e. The van der Waals surface area contributed by atoms with E-state index < -0.39 is 41.6 Å². The number of carbonyl (C=O) groups excluding carboxylic acids is 4. The Labute approximate surface area is 425 Å². The molecular formula is C56H56FN7O10. The van der Waals surface area contributed by atoms with Crippen LogP contribution in [0.25, 0.3) is 38.8 Å². The van der Waals surface area contributed by atoms with E-state index in [9.17, 15) is 24.0 Å². The average molecular weight is 1010 g/mol. The molecule has 5 aliphatic rings. The number of nitrogens with one attached hydrogen (secondary N) is 3. The average Bonchev–Trinajstić information content (AvgIpc) is 4.29. The van der Waals surface area contributed by atoms with E-state index in [4.69, 9.17) is 33.3 Å². The molecule has 11 rings (SSSR count). The zero-order chi connectivity index (χ0) is 50.7. The lowest BCUT2D eigenvalue weighted by Gasteiger charge is -2.30. The second-order valence-corrected chi connectivity index (χ2v) is 19.4. The number of fused-ring (bicyclic) bond motifs is 2. The van der Waals surface area contributed by atoms with Gasteiger partial charge < -0.3 is 48.8 Å². The number of allylic oxidation sites excluding steroid dienone is 1. The summed E-state index contributed by atoms with van der Waals surface area (Å²) in [4.78, 5) is 85.5. The van der Waals surface area contributed by atoms with Crippen molar-refractivity contribution in [2.24, 2.45) is 4.99 Å². The maximum Gasteiger partial charge on any atom is 0.408 e. The normalized spacial score (nSPS) is 20.3. The van der Waals surface area contributed by atoms with Crippen molar-refractivity contribution in [2.75, 3.05) is 39.5 Å². The summed E-state index contributed by atoms with van der Waals surface area (Å²) in [6.45, 7) is 2.93. The van der Waals surface area contributed by atoms with Crippen LogP contribution >= 0.6 is 0 Å². The number of rotatable bonds is 12. The molecule has 18 heteroatoms. The van der Waals surface area contributed by atoms with Crippen LogP contribution in [0.4, 0.5) is 14.0 Å². The monoisotopic (exact) mass is 1010 g/mol. The molecule has 7 heterocycles. The van der Waals surface area contributed by atoms with Crippen molar-refractivity contribution in [1.82, 2.24) is 30.4 Å². The number of aliphatic imine (C=N–C) groups is 1. The number of aromatic nitrogens is 2. The third-order valence-electron chi connectivity index (χ3n) is 14.7. The molecule has 5 aliphatic heterocycles. The fourth-order valence-corrected chi connectivity index (χ4v) is 10.8. The molecule has 4 aromatic carbocycles. The molecule has 74 heavy (non-hydrogen) atoms. The maximum absolute atomic E-state index is 16.3. The lowest BCUT2D eigenvalue weighted by molar-refractivity contribution is -0.135. The largest absolute Gasteiger partial charge is 0.456 e. The Morgan fingerprint density at radius 3 is 1.86 bits per heavy atom. The lowest BCUT2D eigenvalue weighted by Crippen LogP contribution is -2.47. The summed E-state index contributed by atoms with van der Waals surface area (Å²) in [6, 6.07) is 23.3. The minimum absolute atomic E-state index is 0.0710. The number of carbonyl (C=O) groups is 4. The number of imidazole rings is 1. The van der Waals surface area contributed by atoms with Gasteiger partial charge in [0.25, 0.3) is 5.91 Å². The summed E-state index contributed by atoms with van der Waals surface area (Å²) < 4.78 is 44.7. The second-order valence-electron chi connectivity index (χ2n) is 19.4. The molecule has 4 amide bonds. The van der Waals surface area contributed by atoms with E-state index >= 15 is 4.39 Å². The number of H-pyrrole nitrogens is 1. The molecule has 0 bridgehead atoms. The molecule has 382 valence electrons. The predicted octanol–water partition coefficient (Wildman–Crippen LogP) is 8.61. The molecule has 0 unspecified atom stereocenters. The number of hydrogen-bond donors (Lipinski definition) is 3. The first-order valence-corrected chi connectivity index (χ1v) is 25.5. The third kappa shape index (κ3) is 10.2. The highest BCUT2D eigenvalue weighted by molar-refractivity contribution is 6.05. The lowest BCUT2D eigenvalue weighted by atomic mass is 9.96. The van der Waals surface area contributed by atoms with Gasteiger partial charge in [-0.1, -0.05) is 60.7 Å². The zero-order valence-corrected chi connectivity index (χ0v) is 40.6. The van der Waals surface area contributed by atoms with Crippen molar-refractivity contribution in [3.63, 3.8) is 0 Å². The number of ether oxygens (including phenoxy) is 4. The third-order valence-corrected chi connectivity index (χ3v) is 14.7. The van der Waals surface area contributed by atoms with Crippen LogP contribution in [-0.4, -0.2) is 107 Å². The molecule has 4 saturated heterocycles. The fraction of sp³-hybridized carbons (Fsp3) is 0.375. The molecule has 6 aromatic rings. The van der Waals surface area contributed by atoms with E-state index in [1.807, 2.05) is 36.4 Å². The highest BCUT2D eigenvalue weighted by Gasteiger charge is 2.40. The van der Waals surface area contributed by atoms with E-state index in [1.165, 1.54) is 12.1 Å². The van der Waals surface area contributed by atoms with Gasteiger partial charge in [-0.3, -0.25) is 19.4 Å². The van der Waals surface area contributed by atoms with Crippen molar-refractivity contribution in [3.05, 3.63) is 142 Å². The van der Waals surface area contributed by atoms with Crippen LogP contribution in [0.3, 0.4) is 0 Å². The van der Waals surface area contributed by atoms with Crippen LogP contribution in [0, 0.1) is 5.82 Å². The molecule has 2 aromatic heterocycles. The van der Waals surface area contributed by atoms with Gasteiger partial charge in [-0.25, -0.2) is 19.0 Å². The number of likely N-dealkylation sites (tertiary alicyclic amines) is 2. The van der Waals surface area contributed by atoms with Crippen molar-refractivity contribution >= 4 is 57.2 Å². The van der Waals surface area contributed by atoms with E-state index in [0.29, 0.717) is 123 Å². The number of hydrogen-bond acceptors (Lipinski definition) is 12. The summed E-state index contributed by atoms with van der Waals surface area (Å²) in [5, 5.41) is 5.98. The first-order valence-electron chi connectivity index (χ1n) is 25.5. The summed E-state index contributed by atoms with van der Waals surface area (Å²) in [5.41, 5.74) is 4.09. The molecule has 4 fully saturated rings. The Hall–Kier alpha value is -7.70. The topological polar surface area (TPSA) is 207 Å². The van der Waals surface area contributed by atoms with Crippen LogP contribution in [0.2, 0.25) is 0 Å². The van der Waals surface area contributed by atoms with Gasteiger partial charge in [0, 0.05) is 68.2 Å². The standard InChI is InChI=1S/C56H56FN7O10/c57-42-29-41-48(30-39(42)36-28-43(58-31-36)45-13-7-21-63(45)53(66)49(33-9-3-1-4-10-33)61-55(68)72-37-17-23-70-24-18-37)74-47-16-15-35(27-40(47)51(41)65)44-32-59-52(60-44)46-14-8-22-64(46)54(67)50(34-11-5-2-6-12-34)62-56(69)73-38-19-25-71-26-20-38/h1-6,9-12,15-16,27,29-32,37-38,45-46,49-50H,7-8,13-14,17-26,28H2,(H,59,60)(H,61,68)(H,62,69)/t45-,46-,49+,50+/m0/s1. The summed E-state index contributed by atoms with van der Waals surface area (Å²) in [7, 11) is 0. The van der Waals surface area contributed by atoms with Crippen LogP contribution in [0.15, 0.2) is 118 Å². The smallest absolute Gasteiger partial charge is 0.408 e. The second kappa shape index (κ2) is 21.4. The maximum atomic E-state index is 16.3. The minimum atomic E-state index is -0.993. The van der Waals surface area contributed by atoms with Gasteiger partial charge in [0.05, 0.1) is 61.2 Å². The molecule has 0 saturated carbocycles. The molecule has 17 nitrogen and oxygen atoms in total. The molecule has 3 N–H and O–H groups in total. The van der Waals surface area contributed by atoms with Gasteiger partial charge >= 0.3 is 12.2 Å². The van der Waals surface area contributed by atoms with Gasteiger partial charge in [-0.05, 0) is 72.7 Å². The Morgan fingerprint density at radius 1 is 0.689 bits per heavy atom. The van der Waals surface area contributed by atoms with Gasteiger partial charge in [-0.15, -0.1) is 0 Å². The van der Waals surface area contributed by atoms with Crippen LogP contribution in [0.1, 0.15) is 98.4 Å². The summed E-state index contributed by atoms with van der Waals surface area (Å²) >= 11 is 0. The van der Waals surface area contributed by atoms with Crippen molar-refractivity contribution < 1.29 is 46.9 Å². The Bertz CT molecular complexity index is 3200. The van der Waals surface area contributed by atoms with Crippen molar-refractivity contribution in [2.45, 2.75) is 94.2 Å². The van der Waals surface area contributed by atoms with Crippen LogP contribution in [-0.2, 0) is 28.5 Å². The summed E-state index contributed by atoms with van der Waals surface area (Å²) in [5.74, 6) is -0.640. The zero-order valence-electron chi connectivity index (χ0n) is 40.6. The summed E-state index contributed by atoms with van der Waals surface area (Å²) in [6.07, 6.45) is 6.66. The highest BCUT2D eigenvalue weighted by atomic mass is 19.1. The predicted molar refractivity (Wildman–Crippen MR) is 271 cm³/mol. The van der Waals surface area contributed by atoms with Crippen LogP contribution < -0.4 is 16.1 Å². The quantitative estimate of drug-likeness (QED) is 0.0990. The molecular weight excluding hydrogens is 950 g/mol. The number of nitrogens with zero attached hydrogens (tertiary/aromatic N) is 4. The van der Waals surface area contributed by atoms with Crippen molar-refractivity contribution in [1.29, 1.82) is 0 Å². The Balaban J connectivity index is 0.780. The van der Waals surface area contributed by atoms with E-state index in [1.54, 1.807) is 64.7 Å². The molecule has 0 spiro atoms.